The summed E-state index contributed by atoms with van der Waals surface area (Å²) in [7, 11) is 0. The second kappa shape index (κ2) is 7.09. The van der Waals surface area contributed by atoms with Crippen molar-refractivity contribution in [3.05, 3.63) is 69.2 Å². The summed E-state index contributed by atoms with van der Waals surface area (Å²) in [6, 6.07) is 16.3. The van der Waals surface area contributed by atoms with Crippen LogP contribution in [0.5, 0.6) is 0 Å². The smallest absolute Gasteiger partial charge is 0.0406 e. The molecular weight excluding hydrogens is 322 g/mol. The van der Waals surface area contributed by atoms with Gasteiger partial charge in [0.2, 0.25) is 0 Å². The molecule has 2 aromatic carbocycles. The Morgan fingerprint density at radius 2 is 1.84 bits per heavy atom. The molecule has 19 heavy (non-hydrogen) atoms. The van der Waals surface area contributed by atoms with E-state index in [0.717, 1.165) is 28.8 Å². The molecule has 0 spiro atoms. The van der Waals surface area contributed by atoms with Gasteiger partial charge in [-0.15, -0.1) is 0 Å². The van der Waals surface area contributed by atoms with Crippen LogP contribution in [0.25, 0.3) is 0 Å². The van der Waals surface area contributed by atoms with E-state index in [1.165, 1.54) is 11.1 Å². The minimum Gasteiger partial charge on any atom is -0.324 e. The molecule has 0 amide bonds. The third-order valence-electron chi connectivity index (χ3n) is 3.17. The number of hydrogen-bond acceptors (Lipinski definition) is 1. The Bertz CT molecular complexity index is 525. The highest BCUT2D eigenvalue weighted by atomic mass is 79.9. The topological polar surface area (TPSA) is 26.0 Å². The van der Waals surface area contributed by atoms with Crippen LogP contribution < -0.4 is 5.73 Å². The molecular formula is C16H17BrClN. The average Bonchev–Trinajstić information content (AvgIpc) is 2.41. The van der Waals surface area contributed by atoms with Crippen LogP contribution in [0.3, 0.4) is 0 Å². The zero-order valence-corrected chi connectivity index (χ0v) is 13.0. The van der Waals surface area contributed by atoms with E-state index in [9.17, 15) is 0 Å². The molecule has 0 aliphatic rings. The molecule has 2 aromatic rings. The van der Waals surface area contributed by atoms with Crippen molar-refractivity contribution in [2.24, 2.45) is 5.73 Å². The minimum absolute atomic E-state index is 0.102. The summed E-state index contributed by atoms with van der Waals surface area (Å²) < 4.78 is 1.08. The average molecular weight is 339 g/mol. The first-order chi connectivity index (χ1) is 9.15. The molecule has 0 aromatic heterocycles. The number of hydrogen-bond donors (Lipinski definition) is 1. The first kappa shape index (κ1) is 14.6. The van der Waals surface area contributed by atoms with Gasteiger partial charge in [-0.2, -0.15) is 0 Å². The van der Waals surface area contributed by atoms with E-state index in [4.69, 9.17) is 17.3 Å². The highest BCUT2D eigenvalue weighted by Crippen LogP contribution is 2.21. The van der Waals surface area contributed by atoms with Gasteiger partial charge in [-0.3, -0.25) is 0 Å². The van der Waals surface area contributed by atoms with E-state index in [1.807, 2.05) is 24.3 Å². The Hall–Kier alpha value is -0.830. The lowest BCUT2D eigenvalue weighted by Crippen LogP contribution is -2.10. The van der Waals surface area contributed by atoms with Gasteiger partial charge in [0.1, 0.15) is 0 Å². The van der Waals surface area contributed by atoms with Crippen LogP contribution >= 0.6 is 27.5 Å². The monoisotopic (exact) mass is 337 g/mol. The van der Waals surface area contributed by atoms with Gasteiger partial charge in [0, 0.05) is 15.5 Å². The quantitative estimate of drug-likeness (QED) is 0.804. The predicted octanol–water partition coefficient (Wildman–Crippen LogP) is 5.13. The Balaban J connectivity index is 1.84. The first-order valence-corrected chi connectivity index (χ1v) is 7.58. The van der Waals surface area contributed by atoms with Crippen LogP contribution in [-0.2, 0) is 6.42 Å². The number of halogens is 2. The summed E-state index contributed by atoms with van der Waals surface area (Å²) in [6.07, 6.45) is 3.10. The van der Waals surface area contributed by atoms with Crippen molar-refractivity contribution >= 4 is 27.5 Å². The second-order valence-electron chi connectivity index (χ2n) is 4.68. The molecule has 0 aliphatic carbocycles. The van der Waals surface area contributed by atoms with Gasteiger partial charge in [-0.25, -0.2) is 0 Å². The van der Waals surface area contributed by atoms with Crippen molar-refractivity contribution in [2.45, 2.75) is 25.3 Å². The van der Waals surface area contributed by atoms with E-state index in [0.29, 0.717) is 0 Å². The summed E-state index contributed by atoms with van der Waals surface area (Å²) in [5.74, 6) is 0. The van der Waals surface area contributed by atoms with Gasteiger partial charge in [-0.05, 0) is 54.7 Å². The van der Waals surface area contributed by atoms with Gasteiger partial charge in [-0.1, -0.05) is 51.8 Å². The summed E-state index contributed by atoms with van der Waals surface area (Å²) in [4.78, 5) is 0. The minimum atomic E-state index is 0.102. The van der Waals surface area contributed by atoms with Crippen LogP contribution in [0.15, 0.2) is 53.0 Å². The molecule has 0 bridgehead atoms. The molecule has 2 rings (SSSR count). The lowest BCUT2D eigenvalue weighted by atomic mass is 10.00. The highest BCUT2D eigenvalue weighted by molar-refractivity contribution is 9.10. The molecule has 1 atom stereocenters. The zero-order chi connectivity index (χ0) is 13.7. The molecule has 0 saturated carbocycles. The lowest BCUT2D eigenvalue weighted by Gasteiger charge is -2.12. The molecule has 0 saturated heterocycles. The Morgan fingerprint density at radius 1 is 1.11 bits per heavy atom. The number of nitrogens with two attached hydrogens (primary N) is 1. The van der Waals surface area contributed by atoms with Crippen molar-refractivity contribution in [3.63, 3.8) is 0 Å². The van der Waals surface area contributed by atoms with Crippen molar-refractivity contribution in [1.29, 1.82) is 0 Å². The Labute approximate surface area is 127 Å². The molecule has 2 N–H and O–H groups in total. The Morgan fingerprint density at radius 3 is 2.53 bits per heavy atom. The number of aryl methyl sites for hydroxylation is 1. The fourth-order valence-corrected chi connectivity index (χ4v) is 2.62. The van der Waals surface area contributed by atoms with E-state index in [-0.39, 0.29) is 6.04 Å². The molecule has 1 unspecified atom stereocenters. The predicted molar refractivity (Wildman–Crippen MR) is 85.5 cm³/mol. The summed E-state index contributed by atoms with van der Waals surface area (Å²) in [6.45, 7) is 0. The van der Waals surface area contributed by atoms with Crippen LogP contribution in [0, 0.1) is 0 Å². The van der Waals surface area contributed by atoms with Crippen LogP contribution in [-0.4, -0.2) is 0 Å². The lowest BCUT2D eigenvalue weighted by molar-refractivity contribution is 0.611. The maximum absolute atomic E-state index is 6.21. The fourth-order valence-electron chi connectivity index (χ4n) is 2.08. The van der Waals surface area contributed by atoms with Crippen molar-refractivity contribution in [1.82, 2.24) is 0 Å². The Kier molecular flexibility index (Phi) is 5.44. The SMILES string of the molecule is NC(CCCc1ccc(Cl)cc1)c1cccc(Br)c1. The molecule has 0 heterocycles. The maximum Gasteiger partial charge on any atom is 0.0406 e. The summed E-state index contributed by atoms with van der Waals surface area (Å²) >= 11 is 9.34. The van der Waals surface area contributed by atoms with Gasteiger partial charge < -0.3 is 5.73 Å². The van der Waals surface area contributed by atoms with Crippen LogP contribution in [0.4, 0.5) is 0 Å². The third kappa shape index (κ3) is 4.64. The molecule has 3 heteroatoms. The molecule has 1 nitrogen and oxygen atoms in total. The highest BCUT2D eigenvalue weighted by Gasteiger charge is 2.06. The number of benzene rings is 2. The van der Waals surface area contributed by atoms with Gasteiger partial charge in [0.25, 0.3) is 0 Å². The molecule has 0 fully saturated rings. The fraction of sp³-hybridized carbons (Fsp3) is 0.250. The van der Waals surface area contributed by atoms with E-state index in [2.05, 4.69) is 40.2 Å². The van der Waals surface area contributed by atoms with E-state index >= 15 is 0 Å². The zero-order valence-electron chi connectivity index (χ0n) is 10.7. The van der Waals surface area contributed by atoms with Gasteiger partial charge >= 0.3 is 0 Å². The second-order valence-corrected chi connectivity index (χ2v) is 6.03. The summed E-state index contributed by atoms with van der Waals surface area (Å²) in [5, 5.41) is 0.787. The standard InChI is InChI=1S/C16H17BrClN/c17-14-5-2-4-13(11-14)16(19)6-1-3-12-7-9-15(18)10-8-12/h2,4-5,7-11,16H,1,3,6,19H2. The van der Waals surface area contributed by atoms with E-state index < -0.39 is 0 Å². The summed E-state index contributed by atoms with van der Waals surface area (Å²) in [5.41, 5.74) is 8.71. The molecule has 100 valence electrons. The van der Waals surface area contributed by atoms with Gasteiger partial charge in [0.15, 0.2) is 0 Å². The van der Waals surface area contributed by atoms with Crippen LogP contribution in [0.2, 0.25) is 5.02 Å². The van der Waals surface area contributed by atoms with Crippen LogP contribution in [0.1, 0.15) is 30.0 Å². The first-order valence-electron chi connectivity index (χ1n) is 6.40. The van der Waals surface area contributed by atoms with Crippen molar-refractivity contribution in [2.75, 3.05) is 0 Å². The normalized spacial score (nSPS) is 12.4. The molecule has 0 aliphatic heterocycles. The number of rotatable bonds is 5. The van der Waals surface area contributed by atoms with E-state index in [1.54, 1.807) is 0 Å². The van der Waals surface area contributed by atoms with Gasteiger partial charge in [0.05, 0.1) is 0 Å². The largest absolute Gasteiger partial charge is 0.324 e. The van der Waals surface area contributed by atoms with Crippen molar-refractivity contribution < 1.29 is 0 Å². The maximum atomic E-state index is 6.21. The van der Waals surface area contributed by atoms with Crippen molar-refractivity contribution in [3.8, 4) is 0 Å². The third-order valence-corrected chi connectivity index (χ3v) is 3.92. The molecule has 0 radical (unpaired) electrons.